The fraction of sp³-hybridized carbons (Fsp3) is 0.0465. The molecule has 45 heavy (non-hydrogen) atoms. The molecule has 6 aromatic carbocycles. The molecule has 9 rings (SSSR count). The summed E-state index contributed by atoms with van der Waals surface area (Å²) in [7, 11) is 0. The van der Waals surface area contributed by atoms with Crippen LogP contribution < -0.4 is 0 Å². The highest BCUT2D eigenvalue weighted by Gasteiger charge is 2.21. The van der Waals surface area contributed by atoms with E-state index in [4.69, 9.17) is 0 Å². The molecule has 2 heteroatoms. The van der Waals surface area contributed by atoms with Crippen molar-refractivity contribution < 1.29 is 0 Å². The Morgan fingerprint density at radius 3 is 2.02 bits per heavy atom. The molecule has 1 atom stereocenters. The van der Waals surface area contributed by atoms with Crippen molar-refractivity contribution in [2.45, 2.75) is 12.3 Å². The van der Waals surface area contributed by atoms with Crippen LogP contribution in [0.4, 0.5) is 0 Å². The number of nitrogens with zero attached hydrogens (tertiary/aromatic N) is 2. The Hall–Kier alpha value is -5.73. The van der Waals surface area contributed by atoms with E-state index in [-0.39, 0.29) is 0 Å². The first-order valence-electron chi connectivity index (χ1n) is 15.7. The number of hydrogen-bond acceptors (Lipinski definition) is 1. The van der Waals surface area contributed by atoms with Gasteiger partial charge in [0.25, 0.3) is 0 Å². The van der Waals surface area contributed by atoms with Gasteiger partial charge in [-0.05, 0) is 92.2 Å². The number of rotatable bonds is 4. The van der Waals surface area contributed by atoms with Gasteiger partial charge in [-0.3, -0.25) is 4.98 Å². The number of benzene rings is 6. The molecule has 0 N–H and O–H groups in total. The molecule has 1 unspecified atom stereocenters. The second-order valence-electron chi connectivity index (χ2n) is 11.9. The average Bonchev–Trinajstić information content (AvgIpc) is 3.45. The molecule has 8 aromatic rings. The van der Waals surface area contributed by atoms with E-state index in [2.05, 4.69) is 161 Å². The zero-order valence-corrected chi connectivity index (χ0v) is 24.8. The molecular formula is C43H30N2. The van der Waals surface area contributed by atoms with Gasteiger partial charge >= 0.3 is 0 Å². The van der Waals surface area contributed by atoms with Crippen molar-refractivity contribution in [1.82, 2.24) is 9.55 Å². The van der Waals surface area contributed by atoms with Crippen LogP contribution in [0.5, 0.6) is 0 Å². The van der Waals surface area contributed by atoms with E-state index < -0.39 is 0 Å². The number of hydrogen-bond donors (Lipinski definition) is 0. The molecule has 212 valence electrons. The monoisotopic (exact) mass is 574 g/mol. The van der Waals surface area contributed by atoms with Gasteiger partial charge in [0.05, 0.1) is 11.0 Å². The first kappa shape index (κ1) is 25.7. The third-order valence-electron chi connectivity index (χ3n) is 9.39. The lowest BCUT2D eigenvalue weighted by atomic mass is 9.81. The maximum absolute atomic E-state index is 4.52. The lowest BCUT2D eigenvalue weighted by Crippen LogP contribution is -2.01. The molecule has 2 aromatic heterocycles. The van der Waals surface area contributed by atoms with Crippen molar-refractivity contribution >= 4 is 43.4 Å². The first-order valence-corrected chi connectivity index (χ1v) is 15.7. The van der Waals surface area contributed by atoms with Gasteiger partial charge < -0.3 is 4.57 Å². The third kappa shape index (κ3) is 4.14. The largest absolute Gasteiger partial charge is 0.309 e. The van der Waals surface area contributed by atoms with E-state index in [1.54, 1.807) is 0 Å². The van der Waals surface area contributed by atoms with Gasteiger partial charge in [-0.1, -0.05) is 115 Å². The lowest BCUT2D eigenvalue weighted by Gasteiger charge is -2.23. The van der Waals surface area contributed by atoms with Crippen molar-refractivity contribution in [3.63, 3.8) is 0 Å². The van der Waals surface area contributed by atoms with E-state index in [1.807, 2.05) is 12.4 Å². The quantitative estimate of drug-likeness (QED) is 0.191. The number of aromatic nitrogens is 2. The van der Waals surface area contributed by atoms with Crippen molar-refractivity contribution in [2.24, 2.45) is 0 Å². The summed E-state index contributed by atoms with van der Waals surface area (Å²) in [6, 6.07) is 46.5. The highest BCUT2D eigenvalue weighted by Crippen LogP contribution is 2.45. The summed E-state index contributed by atoms with van der Waals surface area (Å²) in [5.74, 6) is 0.339. The van der Waals surface area contributed by atoms with Gasteiger partial charge in [0.1, 0.15) is 0 Å². The Morgan fingerprint density at radius 2 is 1.22 bits per heavy atom. The van der Waals surface area contributed by atoms with Gasteiger partial charge in [-0.2, -0.15) is 0 Å². The molecule has 0 aliphatic heterocycles. The third-order valence-corrected chi connectivity index (χ3v) is 9.39. The van der Waals surface area contributed by atoms with Gasteiger partial charge in [0.15, 0.2) is 0 Å². The molecule has 0 amide bonds. The van der Waals surface area contributed by atoms with E-state index in [0.717, 1.165) is 17.5 Å². The van der Waals surface area contributed by atoms with Crippen molar-refractivity contribution in [3.05, 3.63) is 170 Å². The zero-order valence-electron chi connectivity index (χ0n) is 24.8. The summed E-state index contributed by atoms with van der Waals surface area (Å²) < 4.78 is 2.34. The smallest absolute Gasteiger partial charge is 0.0571 e. The first-order chi connectivity index (χ1) is 22.3. The Morgan fingerprint density at radius 1 is 0.533 bits per heavy atom. The minimum Gasteiger partial charge on any atom is -0.309 e. The van der Waals surface area contributed by atoms with Gasteiger partial charge in [0.2, 0.25) is 0 Å². The van der Waals surface area contributed by atoms with E-state index in [1.165, 1.54) is 65.8 Å². The second kappa shape index (κ2) is 10.5. The SMILES string of the molecule is C1=CCC(c2c3ccccc3c(-c3ccccc3)c3cc(-c4ccc5c(c4)c4cnccc4n5-c4ccccc4)ccc23)C=C1. The molecule has 2 nitrogen and oxygen atoms in total. The Kier molecular flexibility index (Phi) is 5.99. The highest BCUT2D eigenvalue weighted by atomic mass is 15.0. The van der Waals surface area contributed by atoms with E-state index >= 15 is 0 Å². The minimum atomic E-state index is 0.339. The standard InChI is InChI=1S/C43H30N2/c1-4-12-29(13-5-1)42-34-18-10-11-19-35(34)43(30-14-6-2-7-15-30)38-27-31(20-22-36(38)42)32-21-23-40-37(26-32)39-28-44-25-24-41(39)45(40)33-16-8-3-9-17-33/h1-12,14-29H,13H2. The molecule has 1 aliphatic carbocycles. The summed E-state index contributed by atoms with van der Waals surface area (Å²) >= 11 is 0. The maximum Gasteiger partial charge on any atom is 0.0571 e. The van der Waals surface area contributed by atoms with Gasteiger partial charge in [-0.25, -0.2) is 0 Å². The topological polar surface area (TPSA) is 17.8 Å². The van der Waals surface area contributed by atoms with Crippen LogP contribution in [-0.2, 0) is 0 Å². The van der Waals surface area contributed by atoms with Crippen LogP contribution in [0.2, 0.25) is 0 Å². The van der Waals surface area contributed by atoms with Crippen LogP contribution >= 0.6 is 0 Å². The number of pyridine rings is 1. The van der Waals surface area contributed by atoms with Gasteiger partial charge in [-0.15, -0.1) is 0 Å². The normalized spacial score (nSPS) is 14.6. The van der Waals surface area contributed by atoms with Gasteiger partial charge in [0, 0.05) is 34.8 Å². The molecule has 0 radical (unpaired) electrons. The lowest BCUT2D eigenvalue weighted by molar-refractivity contribution is 0.870. The van der Waals surface area contributed by atoms with E-state index in [0.29, 0.717) is 5.92 Å². The van der Waals surface area contributed by atoms with Crippen LogP contribution in [0, 0.1) is 0 Å². The Bertz CT molecular complexity index is 2450. The number of para-hydroxylation sites is 1. The van der Waals surface area contributed by atoms with Crippen molar-refractivity contribution in [3.8, 4) is 27.9 Å². The molecule has 0 fully saturated rings. The predicted octanol–water partition coefficient (Wildman–Crippen LogP) is 11.4. The molecular weight excluding hydrogens is 544 g/mol. The summed E-state index contributed by atoms with van der Waals surface area (Å²) in [5.41, 5.74) is 9.88. The molecule has 0 saturated heterocycles. The second-order valence-corrected chi connectivity index (χ2v) is 11.9. The van der Waals surface area contributed by atoms with Crippen LogP contribution in [0.3, 0.4) is 0 Å². The zero-order chi connectivity index (χ0) is 29.7. The van der Waals surface area contributed by atoms with Crippen molar-refractivity contribution in [1.29, 1.82) is 0 Å². The van der Waals surface area contributed by atoms with E-state index in [9.17, 15) is 0 Å². The van der Waals surface area contributed by atoms with Crippen LogP contribution in [0.15, 0.2) is 164 Å². The predicted molar refractivity (Wildman–Crippen MR) is 190 cm³/mol. The summed E-state index contributed by atoms with van der Waals surface area (Å²) in [4.78, 5) is 4.52. The van der Waals surface area contributed by atoms with Crippen LogP contribution in [-0.4, -0.2) is 9.55 Å². The fourth-order valence-corrected chi connectivity index (χ4v) is 7.40. The summed E-state index contributed by atoms with van der Waals surface area (Å²) in [6.07, 6.45) is 13.9. The number of allylic oxidation sites excluding steroid dienone is 4. The van der Waals surface area contributed by atoms with Crippen LogP contribution in [0.25, 0.3) is 71.3 Å². The Balaban J connectivity index is 1.32. The summed E-state index contributed by atoms with van der Waals surface area (Å²) in [6.45, 7) is 0. The highest BCUT2D eigenvalue weighted by molar-refractivity contribution is 6.16. The average molecular weight is 575 g/mol. The molecule has 2 heterocycles. The molecule has 0 spiro atoms. The minimum absolute atomic E-state index is 0.339. The Labute approximate surface area is 262 Å². The number of fused-ring (bicyclic) bond motifs is 5. The van der Waals surface area contributed by atoms with Crippen molar-refractivity contribution in [2.75, 3.05) is 0 Å². The summed E-state index contributed by atoms with van der Waals surface area (Å²) in [5, 5.41) is 7.63. The molecule has 1 aliphatic rings. The maximum atomic E-state index is 4.52. The van der Waals surface area contributed by atoms with Crippen LogP contribution in [0.1, 0.15) is 17.9 Å². The molecule has 0 bridgehead atoms. The molecule has 0 saturated carbocycles. The fourth-order valence-electron chi connectivity index (χ4n) is 7.40.